The highest BCUT2D eigenvalue weighted by atomic mass is 32.2. The molecule has 0 saturated carbocycles. The van der Waals surface area contributed by atoms with Crippen molar-refractivity contribution in [2.75, 3.05) is 44.2 Å². The molecular formula is C12H28N2O5S2. The van der Waals surface area contributed by atoms with Crippen LogP contribution in [0.15, 0.2) is 0 Å². The molecule has 0 amide bonds. The van der Waals surface area contributed by atoms with Crippen molar-refractivity contribution in [3.8, 4) is 0 Å². The predicted molar refractivity (Wildman–Crippen MR) is 87.9 cm³/mol. The fourth-order valence-electron chi connectivity index (χ4n) is 1.61. The third kappa shape index (κ3) is 16.0. The molecule has 9 heteroatoms. The van der Waals surface area contributed by atoms with Crippen LogP contribution < -0.4 is 5.32 Å². The van der Waals surface area contributed by atoms with Crippen molar-refractivity contribution < 1.29 is 21.7 Å². The lowest BCUT2D eigenvalue weighted by atomic mass is 10.1. The Morgan fingerprint density at radius 3 is 2.14 bits per heavy atom. The third-order valence-corrected chi connectivity index (χ3v) is 4.43. The van der Waals surface area contributed by atoms with Gasteiger partial charge in [0.15, 0.2) is 0 Å². The molecule has 3 N–H and O–H groups in total. The van der Waals surface area contributed by atoms with Gasteiger partial charge in [0.1, 0.15) is 0 Å². The molecule has 0 radical (unpaired) electrons. The average Bonchev–Trinajstić information content (AvgIpc) is 2.28. The van der Waals surface area contributed by atoms with E-state index in [1.165, 1.54) is 0 Å². The van der Waals surface area contributed by atoms with Crippen LogP contribution in [0.1, 0.15) is 20.3 Å². The van der Waals surface area contributed by atoms with Gasteiger partial charge in [0.05, 0.1) is 21.3 Å². The first-order chi connectivity index (χ1) is 9.49. The first-order valence-electron chi connectivity index (χ1n) is 6.95. The molecule has 128 valence electrons. The largest absolute Gasteiger partial charge is 0.314 e. The molecule has 1 unspecified atom stereocenters. The standard InChI is InChI=1S/C12H28N2O5S2/c1-12(2)4-7-14(9-11-21(17,18)19)8-5-13-6-10-20(3,15)16/h12-13H,3-11H2,1-2H3,(H,15,16)(H,17,18,19). The van der Waals surface area contributed by atoms with Crippen LogP contribution in [-0.4, -0.2) is 76.7 Å². The van der Waals surface area contributed by atoms with E-state index in [0.717, 1.165) is 13.0 Å². The van der Waals surface area contributed by atoms with Gasteiger partial charge in [-0.3, -0.25) is 4.55 Å². The Morgan fingerprint density at radius 1 is 1.05 bits per heavy atom. The van der Waals surface area contributed by atoms with Gasteiger partial charge in [-0.05, 0) is 24.8 Å². The number of rotatable bonds is 12. The summed E-state index contributed by atoms with van der Waals surface area (Å²) in [5, 5.41) is 3.02. The normalized spacial score (nSPS) is 15.5. The molecule has 0 aromatic carbocycles. The number of nitrogens with one attached hydrogen (secondary N) is 1. The van der Waals surface area contributed by atoms with Gasteiger partial charge in [-0.15, -0.1) is 0 Å². The number of nitrogens with zero attached hydrogens (tertiary/aromatic N) is 1. The Kier molecular flexibility index (Phi) is 9.66. The minimum absolute atomic E-state index is 0.0873. The Bertz CT molecular complexity index is 474. The van der Waals surface area contributed by atoms with E-state index in [2.05, 4.69) is 25.0 Å². The summed E-state index contributed by atoms with van der Waals surface area (Å²) in [5.74, 6) is 3.46. The van der Waals surface area contributed by atoms with Crippen LogP contribution in [0.25, 0.3) is 0 Å². The van der Waals surface area contributed by atoms with Crippen molar-refractivity contribution in [1.29, 1.82) is 0 Å². The van der Waals surface area contributed by atoms with E-state index in [1.54, 1.807) is 0 Å². The summed E-state index contributed by atoms with van der Waals surface area (Å²) in [4.78, 5) is 1.96. The second-order valence-corrected chi connectivity index (χ2v) is 9.06. The highest BCUT2D eigenvalue weighted by molar-refractivity contribution is 7.95. The molecule has 0 fully saturated rings. The molecule has 7 nitrogen and oxygen atoms in total. The van der Waals surface area contributed by atoms with Crippen LogP contribution in [0, 0.1) is 5.92 Å². The van der Waals surface area contributed by atoms with Crippen LogP contribution in [0.2, 0.25) is 0 Å². The van der Waals surface area contributed by atoms with Crippen LogP contribution in [0.3, 0.4) is 0 Å². The van der Waals surface area contributed by atoms with Crippen molar-refractivity contribution in [3.63, 3.8) is 0 Å². The van der Waals surface area contributed by atoms with E-state index in [9.17, 15) is 12.6 Å². The van der Waals surface area contributed by atoms with Crippen molar-refractivity contribution in [2.24, 2.45) is 5.92 Å². The van der Waals surface area contributed by atoms with Crippen molar-refractivity contribution in [2.45, 2.75) is 20.3 Å². The smallest absolute Gasteiger partial charge is 0.266 e. The molecule has 0 aliphatic carbocycles. The van der Waals surface area contributed by atoms with Gasteiger partial charge in [0.25, 0.3) is 10.1 Å². The van der Waals surface area contributed by atoms with Crippen molar-refractivity contribution in [1.82, 2.24) is 10.2 Å². The van der Waals surface area contributed by atoms with E-state index < -0.39 is 19.9 Å². The minimum Gasteiger partial charge on any atom is -0.314 e. The predicted octanol–water partition coefficient (Wildman–Crippen LogP) is 0.00130. The summed E-state index contributed by atoms with van der Waals surface area (Å²) in [5.41, 5.74) is 0. The molecule has 0 bridgehead atoms. The summed E-state index contributed by atoms with van der Waals surface area (Å²) in [6.45, 7) is 6.79. The molecule has 0 saturated heterocycles. The molecule has 0 aliphatic heterocycles. The zero-order valence-electron chi connectivity index (χ0n) is 12.8. The van der Waals surface area contributed by atoms with Crippen LogP contribution in [-0.2, 0) is 19.9 Å². The van der Waals surface area contributed by atoms with Crippen molar-refractivity contribution in [3.05, 3.63) is 0 Å². The summed E-state index contributed by atoms with van der Waals surface area (Å²) < 4.78 is 50.4. The van der Waals surface area contributed by atoms with Gasteiger partial charge in [0, 0.05) is 26.2 Å². The molecule has 0 aromatic heterocycles. The molecule has 0 rings (SSSR count). The van der Waals surface area contributed by atoms with Gasteiger partial charge >= 0.3 is 0 Å². The fourth-order valence-corrected chi connectivity index (χ4v) is 2.57. The average molecular weight is 344 g/mol. The third-order valence-electron chi connectivity index (χ3n) is 2.89. The van der Waals surface area contributed by atoms with Crippen LogP contribution >= 0.6 is 0 Å². The van der Waals surface area contributed by atoms with Gasteiger partial charge in [-0.2, -0.15) is 8.42 Å². The van der Waals surface area contributed by atoms with E-state index in [0.29, 0.717) is 25.6 Å². The summed E-state index contributed by atoms with van der Waals surface area (Å²) in [7, 11) is -6.92. The maximum Gasteiger partial charge on any atom is 0.266 e. The fraction of sp³-hybridized carbons (Fsp3) is 0.917. The zero-order chi connectivity index (χ0) is 16.5. The molecular weight excluding hydrogens is 316 g/mol. The maximum atomic E-state index is 11.0. The van der Waals surface area contributed by atoms with Gasteiger partial charge < -0.3 is 14.8 Å². The topological polar surface area (TPSA) is 107 Å². The monoisotopic (exact) mass is 344 g/mol. The Morgan fingerprint density at radius 2 is 1.67 bits per heavy atom. The zero-order valence-corrected chi connectivity index (χ0v) is 14.5. The lowest BCUT2D eigenvalue weighted by Gasteiger charge is -2.22. The summed E-state index contributed by atoms with van der Waals surface area (Å²) in [6, 6.07) is 0. The van der Waals surface area contributed by atoms with Crippen molar-refractivity contribution >= 4 is 25.8 Å². The molecule has 1 atom stereocenters. The molecule has 0 aliphatic rings. The number of hydrogen-bond acceptors (Lipinski definition) is 5. The molecule has 21 heavy (non-hydrogen) atoms. The van der Waals surface area contributed by atoms with Gasteiger partial charge in [-0.1, -0.05) is 13.8 Å². The molecule has 0 spiro atoms. The Labute approximate surface area is 128 Å². The Balaban J connectivity index is 4.09. The van der Waals surface area contributed by atoms with Gasteiger partial charge in [-0.25, -0.2) is 4.21 Å². The molecule has 0 aromatic rings. The lowest BCUT2D eigenvalue weighted by Crippen LogP contribution is -2.37. The summed E-state index contributed by atoms with van der Waals surface area (Å²) >= 11 is 0. The van der Waals surface area contributed by atoms with Crippen LogP contribution in [0.5, 0.6) is 0 Å². The maximum absolute atomic E-state index is 11.0. The highest BCUT2D eigenvalue weighted by Crippen LogP contribution is 2.02. The second kappa shape index (κ2) is 9.75. The first kappa shape index (κ1) is 20.8. The summed E-state index contributed by atoms with van der Waals surface area (Å²) in [6.07, 6.45) is 0.939. The molecule has 0 heterocycles. The van der Waals surface area contributed by atoms with E-state index >= 15 is 0 Å². The minimum atomic E-state index is -3.95. The quantitative estimate of drug-likeness (QED) is 0.260. The number of hydrogen-bond donors (Lipinski definition) is 3. The van der Waals surface area contributed by atoms with Crippen LogP contribution in [0.4, 0.5) is 0 Å². The van der Waals surface area contributed by atoms with E-state index in [-0.39, 0.29) is 18.1 Å². The van der Waals surface area contributed by atoms with E-state index in [4.69, 9.17) is 9.11 Å². The highest BCUT2D eigenvalue weighted by Gasteiger charge is 2.11. The second-order valence-electron chi connectivity index (χ2n) is 5.54. The first-order valence-corrected chi connectivity index (χ1v) is 10.4. The Hall–Kier alpha value is -0.190. The SMILES string of the molecule is C=S(=O)(O)CCNCCN(CCC(C)C)CCS(=O)(=O)O. The van der Waals surface area contributed by atoms with E-state index in [1.807, 2.05) is 4.90 Å². The van der Waals surface area contributed by atoms with Gasteiger partial charge in [0.2, 0.25) is 0 Å². The lowest BCUT2D eigenvalue weighted by molar-refractivity contribution is 0.269.